The molecular formula is C20H29NaO4. The minimum absolute atomic E-state index is 0. The van der Waals surface area contributed by atoms with Crippen molar-refractivity contribution >= 4 is 11.9 Å². The van der Waals surface area contributed by atoms with E-state index < -0.39 is 11.9 Å². The topological polar surface area (TPSA) is 66.4 Å². The van der Waals surface area contributed by atoms with Crippen LogP contribution in [0.3, 0.4) is 0 Å². The van der Waals surface area contributed by atoms with Crippen LogP contribution < -0.4 is 34.7 Å². The van der Waals surface area contributed by atoms with Crippen molar-refractivity contribution in [2.45, 2.75) is 71.1 Å². The fourth-order valence-corrected chi connectivity index (χ4v) is 2.61. The summed E-state index contributed by atoms with van der Waals surface area (Å²) in [4.78, 5) is 22.6. The molecule has 0 radical (unpaired) electrons. The quantitative estimate of drug-likeness (QED) is 0.302. The second kappa shape index (κ2) is 15.4. The first-order valence-corrected chi connectivity index (χ1v) is 9.13. The van der Waals surface area contributed by atoms with Gasteiger partial charge in [0.1, 0.15) is 0 Å². The summed E-state index contributed by atoms with van der Waals surface area (Å²) >= 11 is 0. The van der Waals surface area contributed by atoms with Gasteiger partial charge in [0.2, 0.25) is 0 Å². The Labute approximate surface area is 173 Å². The molecule has 0 saturated heterocycles. The molecule has 5 heteroatoms. The summed E-state index contributed by atoms with van der Waals surface area (Å²) < 4.78 is 5.18. The molecule has 134 valence electrons. The van der Waals surface area contributed by atoms with E-state index in [9.17, 15) is 14.7 Å². The molecule has 0 aliphatic rings. The number of hydrogen-bond donors (Lipinski definition) is 0. The summed E-state index contributed by atoms with van der Waals surface area (Å²) in [5, 5.41) is 10.8. The Morgan fingerprint density at radius 1 is 0.880 bits per heavy atom. The maximum Gasteiger partial charge on any atom is 1.00 e. The van der Waals surface area contributed by atoms with Crippen molar-refractivity contribution in [3.63, 3.8) is 0 Å². The number of carbonyl (C=O) groups excluding carboxylic acids is 2. The van der Waals surface area contributed by atoms with Gasteiger partial charge in [-0.3, -0.25) is 0 Å². The maximum absolute atomic E-state index is 11.8. The Bertz CT molecular complexity index is 502. The van der Waals surface area contributed by atoms with Crippen LogP contribution in [0, 0.1) is 0 Å². The van der Waals surface area contributed by atoms with Crippen LogP contribution in [-0.4, -0.2) is 18.5 Å². The molecule has 0 fully saturated rings. The van der Waals surface area contributed by atoms with Gasteiger partial charge in [0, 0.05) is 0 Å². The van der Waals surface area contributed by atoms with Gasteiger partial charge >= 0.3 is 35.5 Å². The largest absolute Gasteiger partial charge is 1.00 e. The molecule has 0 atom stereocenters. The van der Waals surface area contributed by atoms with E-state index in [0.29, 0.717) is 6.61 Å². The summed E-state index contributed by atoms with van der Waals surface area (Å²) in [6.07, 6.45) is 12.3. The van der Waals surface area contributed by atoms with E-state index in [4.69, 9.17) is 4.74 Å². The van der Waals surface area contributed by atoms with Crippen molar-refractivity contribution in [2.75, 3.05) is 6.61 Å². The Morgan fingerprint density at radius 3 is 1.96 bits per heavy atom. The van der Waals surface area contributed by atoms with Gasteiger partial charge in [-0.2, -0.15) is 0 Å². The first-order chi connectivity index (χ1) is 11.6. The van der Waals surface area contributed by atoms with Crippen molar-refractivity contribution in [3.8, 4) is 0 Å². The standard InChI is InChI=1S/C20H30O4.Na/c1-2-3-4-5-6-7-8-9-10-11-15-24-20(23)18-14-12-13-17(16-18)19(21)22;/h12-14,16H,2-11,15H2,1H3,(H,21,22);/q;+1/p-1. The van der Waals surface area contributed by atoms with Gasteiger partial charge < -0.3 is 14.6 Å². The Morgan fingerprint density at radius 2 is 1.40 bits per heavy atom. The van der Waals surface area contributed by atoms with Gasteiger partial charge in [-0.1, -0.05) is 76.8 Å². The molecule has 1 rings (SSSR count). The fraction of sp³-hybridized carbons (Fsp3) is 0.600. The monoisotopic (exact) mass is 356 g/mol. The molecular weight excluding hydrogens is 327 g/mol. The van der Waals surface area contributed by atoms with E-state index in [0.717, 1.165) is 12.8 Å². The molecule has 0 N–H and O–H groups in total. The second-order valence-corrected chi connectivity index (χ2v) is 6.19. The van der Waals surface area contributed by atoms with Crippen molar-refractivity contribution in [1.82, 2.24) is 0 Å². The minimum Gasteiger partial charge on any atom is -0.545 e. The predicted octanol–water partition coefficient (Wildman–Crippen LogP) is 1.13. The molecule has 0 amide bonds. The molecule has 0 aromatic heterocycles. The van der Waals surface area contributed by atoms with Gasteiger partial charge in [0.15, 0.2) is 0 Å². The third-order valence-corrected chi connectivity index (χ3v) is 4.07. The van der Waals surface area contributed by atoms with Gasteiger partial charge in [0.05, 0.1) is 18.1 Å². The Hall–Kier alpha value is -0.840. The molecule has 0 unspecified atom stereocenters. The van der Waals surface area contributed by atoms with Crippen LogP contribution in [-0.2, 0) is 4.74 Å². The van der Waals surface area contributed by atoms with Gasteiger partial charge in [0.25, 0.3) is 0 Å². The van der Waals surface area contributed by atoms with Crippen LogP contribution in [0.1, 0.15) is 91.8 Å². The number of esters is 1. The average molecular weight is 356 g/mol. The van der Waals surface area contributed by atoms with Gasteiger partial charge in [-0.25, -0.2) is 4.79 Å². The van der Waals surface area contributed by atoms with Crippen molar-refractivity contribution < 1.29 is 49.0 Å². The normalized spacial score (nSPS) is 10.1. The van der Waals surface area contributed by atoms with Gasteiger partial charge in [-0.05, 0) is 24.1 Å². The zero-order valence-corrected chi connectivity index (χ0v) is 17.7. The number of benzene rings is 1. The first-order valence-electron chi connectivity index (χ1n) is 9.13. The molecule has 0 bridgehead atoms. The summed E-state index contributed by atoms with van der Waals surface area (Å²) in [7, 11) is 0. The predicted molar refractivity (Wildman–Crippen MR) is 92.9 cm³/mol. The number of ether oxygens (including phenoxy) is 1. The van der Waals surface area contributed by atoms with Gasteiger partial charge in [-0.15, -0.1) is 0 Å². The van der Waals surface area contributed by atoms with Crippen LogP contribution >= 0.6 is 0 Å². The first kappa shape index (κ1) is 24.2. The summed E-state index contributed by atoms with van der Waals surface area (Å²) in [6.45, 7) is 2.61. The molecule has 1 aromatic rings. The number of carbonyl (C=O) groups is 2. The van der Waals surface area contributed by atoms with Crippen molar-refractivity contribution in [1.29, 1.82) is 0 Å². The fourth-order valence-electron chi connectivity index (χ4n) is 2.61. The van der Waals surface area contributed by atoms with E-state index >= 15 is 0 Å². The van der Waals surface area contributed by atoms with Crippen LogP contribution in [0.4, 0.5) is 0 Å². The van der Waals surface area contributed by atoms with E-state index in [1.807, 2.05) is 0 Å². The molecule has 0 spiro atoms. The SMILES string of the molecule is CCCCCCCCCCCCOC(=O)c1cccc(C(=O)[O-])c1.[Na+]. The van der Waals surface area contributed by atoms with Crippen LogP contribution in [0.2, 0.25) is 0 Å². The number of rotatable bonds is 13. The number of carboxylic acid groups (broad SMARTS) is 1. The molecule has 4 nitrogen and oxygen atoms in total. The van der Waals surface area contributed by atoms with Crippen LogP contribution in [0.15, 0.2) is 24.3 Å². The number of carboxylic acids is 1. The number of hydrogen-bond acceptors (Lipinski definition) is 4. The third-order valence-electron chi connectivity index (χ3n) is 4.07. The van der Waals surface area contributed by atoms with E-state index in [1.165, 1.54) is 69.6 Å². The number of unbranched alkanes of at least 4 members (excludes halogenated alkanes) is 9. The van der Waals surface area contributed by atoms with Crippen molar-refractivity contribution in [3.05, 3.63) is 35.4 Å². The molecule has 0 aliphatic carbocycles. The zero-order valence-electron chi connectivity index (χ0n) is 15.7. The molecule has 0 heterocycles. The van der Waals surface area contributed by atoms with Crippen LogP contribution in [0.5, 0.6) is 0 Å². The number of aromatic carboxylic acids is 1. The zero-order chi connectivity index (χ0) is 17.6. The maximum atomic E-state index is 11.8. The smallest absolute Gasteiger partial charge is 0.545 e. The molecule has 25 heavy (non-hydrogen) atoms. The molecule has 0 saturated carbocycles. The summed E-state index contributed by atoms with van der Waals surface area (Å²) in [6, 6.07) is 5.75. The molecule has 1 aromatic carbocycles. The van der Waals surface area contributed by atoms with Crippen molar-refractivity contribution in [2.24, 2.45) is 0 Å². The average Bonchev–Trinajstić information content (AvgIpc) is 2.59. The third kappa shape index (κ3) is 11.4. The summed E-state index contributed by atoms with van der Waals surface area (Å²) in [5.74, 6) is -1.77. The second-order valence-electron chi connectivity index (χ2n) is 6.19. The van der Waals surface area contributed by atoms with Crippen LogP contribution in [0.25, 0.3) is 0 Å². The Kier molecular flexibility index (Phi) is 14.9. The van der Waals surface area contributed by atoms with E-state index in [1.54, 1.807) is 6.07 Å². The molecule has 0 aliphatic heterocycles. The Balaban J connectivity index is 0.00000576. The minimum atomic E-state index is -1.29. The summed E-state index contributed by atoms with van der Waals surface area (Å²) in [5.41, 5.74) is 0.243. The van der Waals surface area contributed by atoms with E-state index in [-0.39, 0.29) is 40.7 Å². The van der Waals surface area contributed by atoms with E-state index in [2.05, 4.69) is 6.92 Å².